The van der Waals surface area contributed by atoms with Gasteiger partial charge in [0.15, 0.2) is 0 Å². The SMILES string of the molecule is O=C(O)N1CCC[C@H](NCc2ccccc2C(F)(F)F)C1. The van der Waals surface area contributed by atoms with E-state index in [1.807, 2.05) is 0 Å². The van der Waals surface area contributed by atoms with Crippen molar-refractivity contribution < 1.29 is 23.1 Å². The molecule has 116 valence electrons. The van der Waals surface area contributed by atoms with E-state index in [1.54, 1.807) is 6.07 Å². The summed E-state index contributed by atoms with van der Waals surface area (Å²) >= 11 is 0. The molecule has 0 aromatic heterocycles. The Kier molecular flexibility index (Phi) is 4.72. The maximum absolute atomic E-state index is 12.9. The van der Waals surface area contributed by atoms with Crippen LogP contribution in [-0.4, -0.2) is 35.2 Å². The molecule has 0 aliphatic carbocycles. The maximum Gasteiger partial charge on any atom is 0.416 e. The number of nitrogens with one attached hydrogen (secondary N) is 1. The van der Waals surface area contributed by atoms with Gasteiger partial charge in [-0.15, -0.1) is 0 Å². The molecule has 1 aliphatic rings. The highest BCUT2D eigenvalue weighted by atomic mass is 19.4. The molecule has 1 aromatic carbocycles. The van der Waals surface area contributed by atoms with Crippen LogP contribution in [0.4, 0.5) is 18.0 Å². The monoisotopic (exact) mass is 302 g/mol. The van der Waals surface area contributed by atoms with Crippen LogP contribution in [0.5, 0.6) is 0 Å². The molecule has 0 unspecified atom stereocenters. The number of amides is 1. The second-order valence-electron chi connectivity index (χ2n) is 5.10. The number of likely N-dealkylation sites (tertiary alicyclic amines) is 1. The molecule has 1 aliphatic heterocycles. The molecule has 0 radical (unpaired) electrons. The Labute approximate surface area is 120 Å². The quantitative estimate of drug-likeness (QED) is 0.902. The van der Waals surface area contributed by atoms with Crippen molar-refractivity contribution in [2.45, 2.75) is 31.6 Å². The number of nitrogens with zero attached hydrogens (tertiary/aromatic N) is 1. The second kappa shape index (κ2) is 6.34. The fraction of sp³-hybridized carbons (Fsp3) is 0.500. The Morgan fingerprint density at radius 2 is 2.10 bits per heavy atom. The van der Waals surface area contributed by atoms with Gasteiger partial charge in [-0.25, -0.2) is 4.79 Å². The third kappa shape index (κ3) is 4.10. The number of benzene rings is 1. The molecule has 1 atom stereocenters. The van der Waals surface area contributed by atoms with Crippen LogP contribution in [0.3, 0.4) is 0 Å². The number of piperidine rings is 1. The molecule has 0 saturated carbocycles. The molecule has 2 N–H and O–H groups in total. The van der Waals surface area contributed by atoms with E-state index < -0.39 is 17.8 Å². The van der Waals surface area contributed by atoms with Gasteiger partial charge in [0.05, 0.1) is 5.56 Å². The lowest BCUT2D eigenvalue weighted by Crippen LogP contribution is -2.47. The van der Waals surface area contributed by atoms with Gasteiger partial charge in [0.25, 0.3) is 0 Å². The van der Waals surface area contributed by atoms with E-state index in [1.165, 1.54) is 17.0 Å². The molecule has 2 rings (SSSR count). The predicted molar refractivity (Wildman–Crippen MR) is 70.9 cm³/mol. The molecule has 1 amide bonds. The number of hydrogen-bond donors (Lipinski definition) is 2. The Balaban J connectivity index is 1.99. The molecule has 7 heteroatoms. The first-order chi connectivity index (χ1) is 9.88. The summed E-state index contributed by atoms with van der Waals surface area (Å²) in [6.07, 6.45) is -3.89. The summed E-state index contributed by atoms with van der Waals surface area (Å²) in [7, 11) is 0. The number of carbonyl (C=O) groups is 1. The number of hydrogen-bond acceptors (Lipinski definition) is 2. The summed E-state index contributed by atoms with van der Waals surface area (Å²) in [5, 5.41) is 12.0. The number of halogens is 3. The zero-order valence-corrected chi connectivity index (χ0v) is 11.4. The molecule has 1 fully saturated rings. The highest BCUT2D eigenvalue weighted by Crippen LogP contribution is 2.31. The van der Waals surface area contributed by atoms with Crippen LogP contribution in [0.1, 0.15) is 24.0 Å². The third-order valence-electron chi connectivity index (χ3n) is 3.60. The van der Waals surface area contributed by atoms with Gasteiger partial charge in [0.1, 0.15) is 0 Å². The van der Waals surface area contributed by atoms with Crippen LogP contribution in [0.15, 0.2) is 24.3 Å². The van der Waals surface area contributed by atoms with Crippen molar-refractivity contribution in [3.63, 3.8) is 0 Å². The Bertz CT molecular complexity index is 505. The summed E-state index contributed by atoms with van der Waals surface area (Å²) in [5.41, 5.74) is -0.471. The maximum atomic E-state index is 12.9. The van der Waals surface area contributed by atoms with Gasteiger partial charge in [-0.1, -0.05) is 18.2 Å². The lowest BCUT2D eigenvalue weighted by Gasteiger charge is -2.31. The van der Waals surface area contributed by atoms with E-state index in [4.69, 9.17) is 5.11 Å². The van der Waals surface area contributed by atoms with Crippen LogP contribution in [0.2, 0.25) is 0 Å². The molecule has 0 spiro atoms. The third-order valence-corrected chi connectivity index (χ3v) is 3.60. The first-order valence-corrected chi connectivity index (χ1v) is 6.74. The summed E-state index contributed by atoms with van der Waals surface area (Å²) in [5.74, 6) is 0. The minimum atomic E-state index is -4.38. The summed E-state index contributed by atoms with van der Waals surface area (Å²) in [6, 6.07) is 5.31. The van der Waals surface area contributed by atoms with E-state index in [0.717, 1.165) is 12.5 Å². The van der Waals surface area contributed by atoms with Crippen LogP contribution in [0.25, 0.3) is 0 Å². The highest BCUT2D eigenvalue weighted by molar-refractivity contribution is 5.65. The number of carboxylic acid groups (broad SMARTS) is 1. The molecular weight excluding hydrogens is 285 g/mol. The predicted octanol–water partition coefficient (Wildman–Crippen LogP) is 2.94. The van der Waals surface area contributed by atoms with Gasteiger partial charge >= 0.3 is 12.3 Å². The number of rotatable bonds is 3. The second-order valence-corrected chi connectivity index (χ2v) is 5.10. The van der Waals surface area contributed by atoms with E-state index in [9.17, 15) is 18.0 Å². The lowest BCUT2D eigenvalue weighted by molar-refractivity contribution is -0.138. The average Bonchev–Trinajstić information content (AvgIpc) is 2.45. The summed E-state index contributed by atoms with van der Waals surface area (Å²) in [4.78, 5) is 12.2. The number of alkyl halides is 3. The zero-order valence-electron chi connectivity index (χ0n) is 11.4. The molecule has 1 heterocycles. The van der Waals surface area contributed by atoms with E-state index in [-0.39, 0.29) is 18.2 Å². The van der Waals surface area contributed by atoms with Crippen molar-refractivity contribution in [2.24, 2.45) is 0 Å². The standard InChI is InChI=1S/C14H17F3N2O2/c15-14(16,17)12-6-2-1-4-10(12)8-18-11-5-3-7-19(9-11)13(20)21/h1-2,4,6,11,18H,3,5,7-9H2,(H,20,21)/t11-/m0/s1. The van der Waals surface area contributed by atoms with Crippen LogP contribution >= 0.6 is 0 Å². The fourth-order valence-electron chi connectivity index (χ4n) is 2.52. The van der Waals surface area contributed by atoms with Crippen molar-refractivity contribution in [3.8, 4) is 0 Å². The van der Waals surface area contributed by atoms with E-state index in [0.29, 0.717) is 19.5 Å². The van der Waals surface area contributed by atoms with Crippen molar-refractivity contribution in [1.29, 1.82) is 0 Å². The van der Waals surface area contributed by atoms with Gasteiger partial charge < -0.3 is 15.3 Å². The van der Waals surface area contributed by atoms with Crippen molar-refractivity contribution in [3.05, 3.63) is 35.4 Å². The molecule has 4 nitrogen and oxygen atoms in total. The first kappa shape index (κ1) is 15.6. The lowest BCUT2D eigenvalue weighted by atomic mass is 10.0. The van der Waals surface area contributed by atoms with Gasteiger partial charge in [0, 0.05) is 25.7 Å². The zero-order chi connectivity index (χ0) is 15.5. The Morgan fingerprint density at radius 3 is 2.76 bits per heavy atom. The average molecular weight is 302 g/mol. The first-order valence-electron chi connectivity index (χ1n) is 6.74. The van der Waals surface area contributed by atoms with Gasteiger partial charge in [-0.3, -0.25) is 0 Å². The topological polar surface area (TPSA) is 52.6 Å². The summed E-state index contributed by atoms with van der Waals surface area (Å²) < 4.78 is 38.6. The van der Waals surface area contributed by atoms with Crippen LogP contribution in [0, 0.1) is 0 Å². The van der Waals surface area contributed by atoms with Crippen molar-refractivity contribution in [1.82, 2.24) is 10.2 Å². The Morgan fingerprint density at radius 1 is 1.38 bits per heavy atom. The molecule has 1 saturated heterocycles. The van der Waals surface area contributed by atoms with E-state index in [2.05, 4.69) is 5.32 Å². The fourth-order valence-corrected chi connectivity index (χ4v) is 2.52. The molecule has 1 aromatic rings. The molecular formula is C14H17F3N2O2. The van der Waals surface area contributed by atoms with Gasteiger partial charge in [-0.2, -0.15) is 13.2 Å². The van der Waals surface area contributed by atoms with Crippen molar-refractivity contribution in [2.75, 3.05) is 13.1 Å². The smallest absolute Gasteiger partial charge is 0.416 e. The van der Waals surface area contributed by atoms with Gasteiger partial charge in [0.2, 0.25) is 0 Å². The largest absolute Gasteiger partial charge is 0.465 e. The molecule has 21 heavy (non-hydrogen) atoms. The minimum absolute atomic E-state index is 0.0772. The molecule has 0 bridgehead atoms. The van der Waals surface area contributed by atoms with Crippen molar-refractivity contribution >= 4 is 6.09 Å². The normalized spacial score (nSPS) is 19.6. The summed E-state index contributed by atoms with van der Waals surface area (Å²) in [6.45, 7) is 0.865. The highest BCUT2D eigenvalue weighted by Gasteiger charge is 2.33. The van der Waals surface area contributed by atoms with Gasteiger partial charge in [-0.05, 0) is 24.5 Å². The van der Waals surface area contributed by atoms with Crippen LogP contribution < -0.4 is 5.32 Å². The Hall–Kier alpha value is -1.76. The van der Waals surface area contributed by atoms with E-state index >= 15 is 0 Å². The minimum Gasteiger partial charge on any atom is -0.465 e. The van der Waals surface area contributed by atoms with Crippen LogP contribution in [-0.2, 0) is 12.7 Å².